The van der Waals surface area contributed by atoms with Crippen LogP contribution in [0.5, 0.6) is 0 Å². The smallest absolute Gasteiger partial charge is 0.463 e. The molecule has 594 valence electrons. The fourth-order valence-electron chi connectivity index (χ4n) is 9.82. The van der Waals surface area contributed by atoms with Crippen LogP contribution in [0.25, 0.3) is 0 Å². The fraction of sp³-hybridized carbons (Fsp3) is 0.598. The summed E-state index contributed by atoms with van der Waals surface area (Å²) in [5.74, 6) is -1.72. The van der Waals surface area contributed by atoms with E-state index in [4.69, 9.17) is 32.3 Å². The third kappa shape index (κ3) is 79.3. The standard InChI is InChI=1S/C87H140O16P2/c1-4-7-10-13-16-19-22-25-28-31-34-36-38-39-40-41-43-45-47-49-52-55-58-61-64-67-70-73-85(90)97-76-82(88)77-99-104(93,94)100-78-83(89)79-101-105(95,96)102-81-84(103-87(92)75-72-69-66-63-60-57-54-51-46-33-30-27-24-21-18-15-12-9-6-3)80-98-86(91)74-71-68-65-62-59-56-53-50-48-44-42-37-35-32-29-26-23-20-17-14-11-8-5-2/h8-9,11-12,16-21,25-30,34-37,39-40,44,46,48,51,53,56-57,60,66,69,82-84,88-89H,4-7,10,13-15,22-24,31-33,38,41-43,45,47,49-50,52,54-55,58-59,61-65,67-68,70-81H2,1-3H3,(H,93,94)(H,95,96)/b11-8-,12-9-,19-16-,20-17-,21-18-,28-25-,29-26-,30-27-,36-34-,37-35-,40-39-,48-44-,51-46-,56-53-,60-57-,69-66-. The third-order valence-corrected chi connectivity index (χ3v) is 17.7. The maximum Gasteiger partial charge on any atom is 0.472 e. The molecule has 16 nitrogen and oxygen atoms in total. The molecule has 4 N–H and O–H groups in total. The van der Waals surface area contributed by atoms with Gasteiger partial charge in [-0.2, -0.15) is 0 Å². The minimum Gasteiger partial charge on any atom is -0.463 e. The summed E-state index contributed by atoms with van der Waals surface area (Å²) in [4.78, 5) is 58.7. The van der Waals surface area contributed by atoms with Gasteiger partial charge in [0.2, 0.25) is 0 Å². The predicted molar refractivity (Wildman–Crippen MR) is 435 cm³/mol. The van der Waals surface area contributed by atoms with Crippen LogP contribution in [0.4, 0.5) is 0 Å². The van der Waals surface area contributed by atoms with Crippen molar-refractivity contribution in [1.82, 2.24) is 0 Å². The Kier molecular flexibility index (Phi) is 73.8. The summed E-state index contributed by atoms with van der Waals surface area (Å²) < 4.78 is 61.1. The third-order valence-electron chi connectivity index (χ3n) is 15.8. The van der Waals surface area contributed by atoms with Crippen LogP contribution in [-0.4, -0.2) is 95.9 Å². The van der Waals surface area contributed by atoms with Crippen molar-refractivity contribution in [2.45, 2.75) is 296 Å². The number of hydrogen-bond donors (Lipinski definition) is 4. The van der Waals surface area contributed by atoms with Gasteiger partial charge >= 0.3 is 33.6 Å². The summed E-state index contributed by atoms with van der Waals surface area (Å²) in [5, 5.41) is 20.6. The zero-order chi connectivity index (χ0) is 76.6. The highest BCUT2D eigenvalue weighted by Gasteiger charge is 2.29. The van der Waals surface area contributed by atoms with Gasteiger partial charge in [-0.3, -0.25) is 32.5 Å². The lowest BCUT2D eigenvalue weighted by Crippen LogP contribution is -2.29. The number of rotatable bonds is 73. The Labute approximate surface area is 636 Å². The molecule has 0 saturated carbocycles. The van der Waals surface area contributed by atoms with Crippen LogP contribution in [0, 0.1) is 0 Å². The van der Waals surface area contributed by atoms with Crippen molar-refractivity contribution < 1.29 is 75.8 Å². The van der Waals surface area contributed by atoms with Crippen LogP contribution in [0.2, 0.25) is 0 Å². The quantitative estimate of drug-likeness (QED) is 0.0146. The van der Waals surface area contributed by atoms with E-state index in [1.165, 1.54) is 64.2 Å². The molecule has 0 radical (unpaired) electrons. The summed E-state index contributed by atoms with van der Waals surface area (Å²) in [6, 6.07) is 0. The van der Waals surface area contributed by atoms with E-state index in [1.807, 2.05) is 18.2 Å². The number of carbonyl (C=O) groups is 3. The maximum absolute atomic E-state index is 13.0. The highest BCUT2D eigenvalue weighted by atomic mass is 31.2. The first-order valence-electron chi connectivity index (χ1n) is 39.7. The van der Waals surface area contributed by atoms with Crippen molar-refractivity contribution in [2.75, 3.05) is 39.6 Å². The van der Waals surface area contributed by atoms with E-state index in [0.717, 1.165) is 148 Å². The van der Waals surface area contributed by atoms with Crippen molar-refractivity contribution in [3.8, 4) is 0 Å². The molecule has 0 fully saturated rings. The van der Waals surface area contributed by atoms with Gasteiger partial charge in [-0.1, -0.05) is 299 Å². The van der Waals surface area contributed by atoms with Gasteiger partial charge in [0.25, 0.3) is 0 Å². The number of aliphatic hydroxyl groups excluding tert-OH is 2. The van der Waals surface area contributed by atoms with Gasteiger partial charge in [0.05, 0.1) is 26.4 Å². The number of hydrogen-bond acceptors (Lipinski definition) is 14. The first kappa shape index (κ1) is 99.4. The van der Waals surface area contributed by atoms with Gasteiger partial charge in [-0.15, -0.1) is 0 Å². The number of carbonyl (C=O) groups excluding carboxylic acids is 3. The number of aliphatic hydroxyl groups is 2. The normalized spacial score (nSPS) is 15.0. The first-order valence-corrected chi connectivity index (χ1v) is 42.7. The van der Waals surface area contributed by atoms with Gasteiger partial charge < -0.3 is 34.2 Å². The van der Waals surface area contributed by atoms with Crippen LogP contribution in [-0.2, 0) is 55.8 Å². The fourth-order valence-corrected chi connectivity index (χ4v) is 11.4. The van der Waals surface area contributed by atoms with E-state index in [2.05, 4.69) is 197 Å². The van der Waals surface area contributed by atoms with Crippen molar-refractivity contribution in [2.24, 2.45) is 0 Å². The molecule has 0 aromatic heterocycles. The molecule has 0 spiro atoms. The molecule has 0 aliphatic rings. The van der Waals surface area contributed by atoms with E-state index < -0.39 is 91.5 Å². The highest BCUT2D eigenvalue weighted by Crippen LogP contribution is 2.45. The first-order chi connectivity index (χ1) is 51.2. The molecule has 0 amide bonds. The number of ether oxygens (including phenoxy) is 3. The second-order valence-electron chi connectivity index (χ2n) is 25.7. The summed E-state index contributed by atoms with van der Waals surface area (Å²) in [5.41, 5.74) is 0. The van der Waals surface area contributed by atoms with Gasteiger partial charge in [0.15, 0.2) is 6.10 Å². The van der Waals surface area contributed by atoms with E-state index >= 15 is 0 Å². The van der Waals surface area contributed by atoms with Crippen LogP contribution >= 0.6 is 15.6 Å². The van der Waals surface area contributed by atoms with Crippen molar-refractivity contribution in [3.05, 3.63) is 194 Å². The Hall–Kier alpha value is -5.61. The molecule has 0 aliphatic heterocycles. The van der Waals surface area contributed by atoms with Crippen LogP contribution in [0.1, 0.15) is 278 Å². The summed E-state index contributed by atoms with van der Waals surface area (Å²) in [7, 11) is -9.84. The largest absolute Gasteiger partial charge is 0.472 e. The molecule has 18 heteroatoms. The van der Waals surface area contributed by atoms with Crippen molar-refractivity contribution in [3.63, 3.8) is 0 Å². The van der Waals surface area contributed by atoms with E-state index in [9.17, 15) is 43.5 Å². The molecule has 5 unspecified atom stereocenters. The van der Waals surface area contributed by atoms with E-state index in [1.54, 1.807) is 0 Å². The van der Waals surface area contributed by atoms with Crippen LogP contribution < -0.4 is 0 Å². The topological polar surface area (TPSA) is 231 Å². The number of phosphoric ester groups is 2. The second-order valence-corrected chi connectivity index (χ2v) is 28.7. The molecule has 0 aromatic rings. The Morgan fingerprint density at radius 3 is 0.838 bits per heavy atom. The average molecular weight is 1500 g/mol. The minimum absolute atomic E-state index is 0.0353. The molecular formula is C87H140O16P2. The van der Waals surface area contributed by atoms with Gasteiger partial charge in [0.1, 0.15) is 25.4 Å². The Bertz CT molecular complexity index is 2690. The molecule has 5 atom stereocenters. The lowest BCUT2D eigenvalue weighted by atomic mass is 10.0. The van der Waals surface area contributed by atoms with E-state index in [-0.39, 0.29) is 19.3 Å². The van der Waals surface area contributed by atoms with Crippen molar-refractivity contribution >= 4 is 33.6 Å². The molecule has 0 rings (SSSR count). The summed E-state index contributed by atoms with van der Waals surface area (Å²) >= 11 is 0. The lowest BCUT2D eigenvalue weighted by Gasteiger charge is -2.21. The molecule has 0 saturated heterocycles. The Morgan fingerprint density at radius 1 is 0.276 bits per heavy atom. The highest BCUT2D eigenvalue weighted by molar-refractivity contribution is 7.47. The minimum atomic E-state index is -4.97. The molecule has 0 aromatic carbocycles. The summed E-state index contributed by atoms with van der Waals surface area (Å²) in [6.45, 7) is 2.28. The summed E-state index contributed by atoms with van der Waals surface area (Å²) in [6.07, 6.45) is 102. The Balaban J connectivity index is 4.73. The average Bonchev–Trinajstić information content (AvgIpc) is 0.921. The number of phosphoric acid groups is 2. The molecule has 0 aliphatic carbocycles. The molecule has 105 heavy (non-hydrogen) atoms. The van der Waals surface area contributed by atoms with E-state index in [0.29, 0.717) is 25.7 Å². The SMILES string of the molecule is CC/C=C\C/C=C\C/C=C\C/C=C\C/C=C\C/C=C\CCCCCCC(=O)OCC(COP(=O)(O)OCC(O)COP(=O)(O)OCC(O)COC(=O)CCCCCCCCCCCCC/C=C\C/C=C\C/C=C\C/C=C\CCCCC)OC(=O)CC/C=C\C/C=C\C/C=C\C/C=C\C/C=C\C/C=C\CC. The molecule has 0 heterocycles. The Morgan fingerprint density at radius 2 is 0.524 bits per heavy atom. The second kappa shape index (κ2) is 78.0. The van der Waals surface area contributed by atoms with Crippen molar-refractivity contribution in [1.29, 1.82) is 0 Å². The zero-order valence-corrected chi connectivity index (χ0v) is 66.6. The van der Waals surface area contributed by atoms with Crippen LogP contribution in [0.15, 0.2) is 194 Å². The van der Waals surface area contributed by atoms with Gasteiger partial charge in [-0.05, 0) is 154 Å². The number of unbranched alkanes of at least 4 members (excludes halogenated alkanes) is 18. The molecule has 0 bridgehead atoms. The van der Waals surface area contributed by atoms with Gasteiger partial charge in [-0.25, -0.2) is 9.13 Å². The maximum atomic E-state index is 13.0. The van der Waals surface area contributed by atoms with Gasteiger partial charge in [0, 0.05) is 19.3 Å². The molecular weight excluding hydrogens is 1360 g/mol. The zero-order valence-electron chi connectivity index (χ0n) is 64.8. The lowest BCUT2D eigenvalue weighted by molar-refractivity contribution is -0.161. The number of allylic oxidation sites excluding steroid dienone is 32. The predicted octanol–water partition coefficient (Wildman–Crippen LogP) is 23.5. The van der Waals surface area contributed by atoms with Crippen LogP contribution in [0.3, 0.4) is 0 Å². The monoisotopic (exact) mass is 1500 g/mol. The number of esters is 3.